The summed E-state index contributed by atoms with van der Waals surface area (Å²) < 4.78 is 6.63. The number of nitrogen functional groups attached to an aromatic ring is 1. The zero-order chi connectivity index (χ0) is 17.1. The molecular formula is C18H18ClN3O2. The number of nitrogens with two attached hydrogens (primary N) is 1. The fraction of sp³-hybridized carbons (Fsp3) is 0.222. The summed E-state index contributed by atoms with van der Waals surface area (Å²) in [5.41, 5.74) is 9.99. The third kappa shape index (κ3) is 3.51. The van der Waals surface area contributed by atoms with E-state index >= 15 is 0 Å². The Kier molecular flexibility index (Phi) is 4.71. The first kappa shape index (κ1) is 16.3. The van der Waals surface area contributed by atoms with Gasteiger partial charge < -0.3 is 15.0 Å². The van der Waals surface area contributed by atoms with Crippen molar-refractivity contribution < 1.29 is 9.53 Å². The number of hydrogen-bond donors (Lipinski definition) is 1. The van der Waals surface area contributed by atoms with E-state index in [9.17, 15) is 4.79 Å². The molecule has 0 aliphatic carbocycles. The quantitative estimate of drug-likeness (QED) is 0.720. The number of hydrogen-bond acceptors (Lipinski definition) is 4. The topological polar surface area (TPSA) is 70.1 Å². The van der Waals surface area contributed by atoms with E-state index in [2.05, 4.69) is 9.72 Å². The molecule has 124 valence electrons. The van der Waals surface area contributed by atoms with Crippen LogP contribution in [0, 0.1) is 0 Å². The molecular weight excluding hydrogens is 326 g/mol. The predicted molar refractivity (Wildman–Crippen MR) is 95.0 cm³/mol. The second-order valence-corrected chi connectivity index (χ2v) is 6.02. The number of imidazole rings is 1. The third-order valence-corrected chi connectivity index (χ3v) is 4.19. The van der Waals surface area contributed by atoms with Crippen molar-refractivity contribution >= 4 is 34.6 Å². The number of ether oxygens (including phenoxy) is 1. The average molecular weight is 344 g/mol. The van der Waals surface area contributed by atoms with E-state index in [0.717, 1.165) is 22.2 Å². The van der Waals surface area contributed by atoms with Crippen LogP contribution in [0.5, 0.6) is 0 Å². The summed E-state index contributed by atoms with van der Waals surface area (Å²) in [4.78, 5) is 15.7. The predicted octanol–water partition coefficient (Wildman–Crippen LogP) is 3.43. The molecule has 2 N–H and O–H groups in total. The van der Waals surface area contributed by atoms with Crippen LogP contribution in [0.1, 0.15) is 17.5 Å². The zero-order valence-corrected chi connectivity index (χ0v) is 14.1. The number of halogens is 1. The number of benzene rings is 2. The molecule has 3 aromatic rings. The molecule has 0 saturated heterocycles. The Hall–Kier alpha value is -2.53. The van der Waals surface area contributed by atoms with Crippen molar-refractivity contribution in [2.45, 2.75) is 19.4 Å². The van der Waals surface area contributed by atoms with Crippen LogP contribution in [0.4, 0.5) is 5.95 Å². The fourth-order valence-corrected chi connectivity index (χ4v) is 2.76. The molecule has 0 spiro atoms. The van der Waals surface area contributed by atoms with Gasteiger partial charge in [-0.05, 0) is 41.8 Å². The molecule has 6 heteroatoms. The van der Waals surface area contributed by atoms with Crippen molar-refractivity contribution in [2.24, 2.45) is 0 Å². The molecule has 1 heterocycles. The lowest BCUT2D eigenvalue weighted by Gasteiger charge is -2.07. The summed E-state index contributed by atoms with van der Waals surface area (Å²) in [6.07, 6.45) is 0.968. The molecule has 0 aliphatic heterocycles. The molecule has 0 amide bonds. The molecule has 0 aliphatic rings. The highest BCUT2D eigenvalue weighted by Crippen LogP contribution is 2.22. The second-order valence-electron chi connectivity index (χ2n) is 5.58. The fourth-order valence-electron chi connectivity index (χ4n) is 2.64. The van der Waals surface area contributed by atoms with Crippen LogP contribution in [0.2, 0.25) is 5.02 Å². The SMILES string of the molecule is COC(=O)CCc1ccc2c(c1)nc(N)n2Cc1ccc(Cl)cc1. The number of nitrogens with zero attached hydrogens (tertiary/aromatic N) is 2. The minimum absolute atomic E-state index is 0.220. The molecule has 0 unspecified atom stereocenters. The first-order chi connectivity index (χ1) is 11.6. The lowest BCUT2D eigenvalue weighted by atomic mass is 10.1. The van der Waals surface area contributed by atoms with Gasteiger partial charge in [0.2, 0.25) is 5.95 Å². The maximum absolute atomic E-state index is 11.3. The van der Waals surface area contributed by atoms with Gasteiger partial charge in [-0.15, -0.1) is 0 Å². The summed E-state index contributed by atoms with van der Waals surface area (Å²) in [6, 6.07) is 13.6. The van der Waals surface area contributed by atoms with E-state index in [0.29, 0.717) is 30.4 Å². The number of esters is 1. The van der Waals surface area contributed by atoms with Crippen LogP contribution in [-0.2, 0) is 22.5 Å². The van der Waals surface area contributed by atoms with Crippen molar-refractivity contribution in [1.29, 1.82) is 0 Å². The maximum atomic E-state index is 11.3. The summed E-state index contributed by atoms with van der Waals surface area (Å²) in [5.74, 6) is 0.243. The first-order valence-corrected chi connectivity index (χ1v) is 8.00. The number of carbonyl (C=O) groups is 1. The number of aryl methyl sites for hydroxylation is 1. The van der Waals surface area contributed by atoms with Crippen molar-refractivity contribution in [3.05, 3.63) is 58.6 Å². The third-order valence-electron chi connectivity index (χ3n) is 3.94. The highest BCUT2D eigenvalue weighted by Gasteiger charge is 2.10. The molecule has 0 radical (unpaired) electrons. The van der Waals surface area contributed by atoms with Gasteiger partial charge in [-0.1, -0.05) is 29.8 Å². The van der Waals surface area contributed by atoms with Crippen molar-refractivity contribution in [3.63, 3.8) is 0 Å². The van der Waals surface area contributed by atoms with Crippen molar-refractivity contribution in [3.8, 4) is 0 Å². The van der Waals surface area contributed by atoms with Crippen LogP contribution in [-0.4, -0.2) is 22.6 Å². The molecule has 5 nitrogen and oxygen atoms in total. The Morgan fingerprint density at radius 2 is 1.92 bits per heavy atom. The monoisotopic (exact) mass is 343 g/mol. The molecule has 0 fully saturated rings. The van der Waals surface area contributed by atoms with E-state index < -0.39 is 0 Å². The van der Waals surface area contributed by atoms with Crippen LogP contribution in [0.25, 0.3) is 11.0 Å². The number of methoxy groups -OCH3 is 1. The Bertz CT molecular complexity index is 872. The lowest BCUT2D eigenvalue weighted by molar-refractivity contribution is -0.140. The normalized spacial score (nSPS) is 10.9. The van der Waals surface area contributed by atoms with Gasteiger partial charge in [-0.25, -0.2) is 4.98 Å². The van der Waals surface area contributed by atoms with Gasteiger partial charge in [0, 0.05) is 11.4 Å². The van der Waals surface area contributed by atoms with Gasteiger partial charge in [0.15, 0.2) is 0 Å². The Morgan fingerprint density at radius 1 is 1.21 bits per heavy atom. The molecule has 0 bridgehead atoms. The minimum atomic E-state index is -0.220. The van der Waals surface area contributed by atoms with E-state index in [-0.39, 0.29) is 5.97 Å². The molecule has 0 atom stereocenters. The van der Waals surface area contributed by atoms with Crippen LogP contribution in [0.3, 0.4) is 0 Å². The maximum Gasteiger partial charge on any atom is 0.305 e. The van der Waals surface area contributed by atoms with E-state index in [1.54, 1.807) is 0 Å². The standard InChI is InChI=1S/C18H18ClN3O2/c1-24-17(23)9-5-12-4-8-16-15(10-12)21-18(20)22(16)11-13-2-6-14(19)7-3-13/h2-4,6-8,10H,5,9,11H2,1H3,(H2,20,21). The van der Waals surface area contributed by atoms with Crippen LogP contribution in [0.15, 0.2) is 42.5 Å². The average Bonchev–Trinajstić information content (AvgIpc) is 2.89. The molecule has 24 heavy (non-hydrogen) atoms. The van der Waals surface area contributed by atoms with Gasteiger partial charge in [0.1, 0.15) is 0 Å². The molecule has 3 rings (SSSR count). The summed E-state index contributed by atoms with van der Waals surface area (Å²) in [7, 11) is 1.39. The van der Waals surface area contributed by atoms with E-state index in [4.69, 9.17) is 17.3 Å². The second kappa shape index (κ2) is 6.93. The van der Waals surface area contributed by atoms with Gasteiger partial charge >= 0.3 is 5.97 Å². The first-order valence-electron chi connectivity index (χ1n) is 7.62. The van der Waals surface area contributed by atoms with Gasteiger partial charge in [-0.2, -0.15) is 0 Å². The summed E-state index contributed by atoms with van der Waals surface area (Å²) in [6.45, 7) is 0.626. The summed E-state index contributed by atoms with van der Waals surface area (Å²) in [5, 5.41) is 0.706. The van der Waals surface area contributed by atoms with E-state index in [1.807, 2.05) is 47.0 Å². The number of carbonyl (C=O) groups excluding carboxylic acids is 1. The molecule has 1 aromatic heterocycles. The van der Waals surface area contributed by atoms with Gasteiger partial charge in [-0.3, -0.25) is 4.79 Å². The largest absolute Gasteiger partial charge is 0.469 e. The molecule has 0 saturated carbocycles. The highest BCUT2D eigenvalue weighted by atomic mass is 35.5. The van der Waals surface area contributed by atoms with Gasteiger partial charge in [0.05, 0.1) is 24.7 Å². The number of anilines is 1. The lowest BCUT2D eigenvalue weighted by Crippen LogP contribution is -2.04. The van der Waals surface area contributed by atoms with Gasteiger partial charge in [0.25, 0.3) is 0 Å². The Morgan fingerprint density at radius 3 is 2.62 bits per heavy atom. The highest BCUT2D eigenvalue weighted by molar-refractivity contribution is 6.30. The van der Waals surface area contributed by atoms with Crippen molar-refractivity contribution in [2.75, 3.05) is 12.8 Å². The van der Waals surface area contributed by atoms with E-state index in [1.165, 1.54) is 7.11 Å². The Balaban J connectivity index is 1.85. The van der Waals surface area contributed by atoms with Crippen molar-refractivity contribution in [1.82, 2.24) is 9.55 Å². The Labute approximate surface area is 145 Å². The number of fused-ring (bicyclic) bond motifs is 1. The molecule has 2 aromatic carbocycles. The number of aromatic nitrogens is 2. The van der Waals surface area contributed by atoms with Crippen LogP contribution >= 0.6 is 11.6 Å². The zero-order valence-electron chi connectivity index (χ0n) is 13.3. The van der Waals surface area contributed by atoms with Crippen LogP contribution < -0.4 is 5.73 Å². The number of rotatable bonds is 5. The smallest absolute Gasteiger partial charge is 0.305 e. The minimum Gasteiger partial charge on any atom is -0.469 e. The summed E-state index contributed by atoms with van der Waals surface area (Å²) >= 11 is 5.92.